The van der Waals surface area contributed by atoms with Crippen molar-refractivity contribution in [1.29, 1.82) is 0 Å². The summed E-state index contributed by atoms with van der Waals surface area (Å²) in [4.78, 5) is 17.9. The van der Waals surface area contributed by atoms with Crippen molar-refractivity contribution in [3.63, 3.8) is 0 Å². The highest BCUT2D eigenvalue weighted by Crippen LogP contribution is 2.22. The van der Waals surface area contributed by atoms with Crippen molar-refractivity contribution >= 4 is 25.0 Å². The average Bonchev–Trinajstić information content (AvgIpc) is 3.15. The first-order valence-corrected chi connectivity index (χ1v) is 8.79. The average molecular weight is 331 g/mol. The summed E-state index contributed by atoms with van der Waals surface area (Å²) in [6.45, 7) is 0. The molecule has 0 spiro atoms. The molecule has 2 heterocycles. The Morgan fingerprint density at radius 2 is 1.83 bits per heavy atom. The van der Waals surface area contributed by atoms with Gasteiger partial charge < -0.3 is 13.8 Å². The van der Waals surface area contributed by atoms with Crippen LogP contribution in [0, 0.1) is 0 Å². The zero-order valence-electron chi connectivity index (χ0n) is 12.6. The van der Waals surface area contributed by atoms with Crippen LogP contribution in [0.15, 0.2) is 73.3 Å². The lowest BCUT2D eigenvalue weighted by atomic mass is 10.1. The topological polar surface area (TPSA) is 68.0 Å². The lowest BCUT2D eigenvalue weighted by molar-refractivity contribution is 0.462. The zero-order valence-corrected chi connectivity index (χ0v) is 13.6. The number of hydrogen-bond acceptors (Lipinski definition) is 3. The van der Waals surface area contributed by atoms with Crippen LogP contribution >= 0.6 is 0 Å². The van der Waals surface area contributed by atoms with Crippen LogP contribution in [-0.2, 0) is 4.46 Å². The molecule has 0 unspecified atom stereocenters. The van der Waals surface area contributed by atoms with Crippen molar-refractivity contribution < 1.29 is 9.26 Å². The van der Waals surface area contributed by atoms with Gasteiger partial charge in [-0.2, -0.15) is 0 Å². The van der Waals surface area contributed by atoms with Gasteiger partial charge in [0.2, 0.25) is 0 Å². The summed E-state index contributed by atoms with van der Waals surface area (Å²) in [5.41, 5.74) is 3.69. The van der Waals surface area contributed by atoms with Gasteiger partial charge in [0.15, 0.2) is 0 Å². The van der Waals surface area contributed by atoms with Crippen LogP contribution in [0.1, 0.15) is 0 Å². The molecule has 4 rings (SSSR count). The summed E-state index contributed by atoms with van der Waals surface area (Å²) in [6, 6.07) is 17.0. The summed E-state index contributed by atoms with van der Waals surface area (Å²) >= 11 is 0. The normalized spacial score (nSPS) is 10.8. The second-order valence-electron chi connectivity index (χ2n) is 5.43. The van der Waals surface area contributed by atoms with Crippen molar-refractivity contribution in [3.05, 3.63) is 73.3 Å². The lowest BCUT2D eigenvalue weighted by Gasteiger charge is -2.06. The van der Waals surface area contributed by atoms with E-state index in [1.807, 2.05) is 47.2 Å². The minimum absolute atomic E-state index is 0.453. The third-order valence-electron chi connectivity index (χ3n) is 3.90. The van der Waals surface area contributed by atoms with Gasteiger partial charge in [0, 0.05) is 34.2 Å². The third kappa shape index (κ3) is 2.63. The molecular formula is C18H13N3O2Si. The monoisotopic (exact) mass is 331 g/mol. The Morgan fingerprint density at radius 1 is 1.00 bits per heavy atom. The van der Waals surface area contributed by atoms with Crippen molar-refractivity contribution in [2.75, 3.05) is 0 Å². The van der Waals surface area contributed by atoms with Crippen LogP contribution in [-0.4, -0.2) is 28.3 Å². The van der Waals surface area contributed by atoms with Crippen LogP contribution in [0.25, 0.3) is 27.8 Å². The van der Waals surface area contributed by atoms with Gasteiger partial charge in [-0.15, -0.1) is 0 Å². The molecule has 6 heteroatoms. The predicted molar refractivity (Wildman–Crippen MR) is 92.6 cm³/mol. The van der Waals surface area contributed by atoms with Crippen molar-refractivity contribution in [2.45, 2.75) is 0 Å². The second-order valence-corrected chi connectivity index (χ2v) is 6.61. The van der Waals surface area contributed by atoms with Crippen LogP contribution in [0.2, 0.25) is 0 Å². The van der Waals surface area contributed by atoms with Gasteiger partial charge in [-0.05, 0) is 24.3 Å². The molecule has 0 saturated carbocycles. The van der Waals surface area contributed by atoms with Gasteiger partial charge in [0.05, 0.1) is 17.5 Å². The Kier molecular flexibility index (Phi) is 3.51. The Morgan fingerprint density at radius 3 is 2.54 bits per heavy atom. The molecule has 0 saturated heterocycles. The molecule has 2 aromatic heterocycles. The van der Waals surface area contributed by atoms with E-state index >= 15 is 0 Å². The fourth-order valence-electron chi connectivity index (χ4n) is 2.63. The number of imidazole rings is 1. The maximum atomic E-state index is 11.1. The SMILES string of the molecule is O=[Si](O)c1ccc(-c2ccc3cc(-n4ccnc4)ccc3n2)cc1. The number of pyridine rings is 1. The van der Waals surface area contributed by atoms with E-state index in [9.17, 15) is 4.46 Å². The Balaban J connectivity index is 1.73. The Labute approximate surface area is 139 Å². The van der Waals surface area contributed by atoms with Gasteiger partial charge in [-0.3, -0.25) is 0 Å². The molecule has 0 atom stereocenters. The quantitative estimate of drug-likeness (QED) is 0.585. The zero-order chi connectivity index (χ0) is 16.5. The number of benzene rings is 2. The van der Waals surface area contributed by atoms with E-state index in [0.29, 0.717) is 5.19 Å². The number of nitrogens with zero attached hydrogens (tertiary/aromatic N) is 3. The highest BCUT2D eigenvalue weighted by Gasteiger charge is 2.08. The van der Waals surface area contributed by atoms with E-state index in [-0.39, 0.29) is 0 Å². The molecule has 0 aliphatic carbocycles. The van der Waals surface area contributed by atoms with E-state index in [1.165, 1.54) is 0 Å². The van der Waals surface area contributed by atoms with Gasteiger partial charge in [-0.25, -0.2) is 9.97 Å². The highest BCUT2D eigenvalue weighted by molar-refractivity contribution is 6.51. The summed E-state index contributed by atoms with van der Waals surface area (Å²) in [7, 11) is -2.65. The van der Waals surface area contributed by atoms with Gasteiger partial charge in [-0.1, -0.05) is 30.3 Å². The lowest BCUT2D eigenvalue weighted by Crippen LogP contribution is -2.19. The molecule has 0 fully saturated rings. The Hall–Kier alpha value is -3.12. The summed E-state index contributed by atoms with van der Waals surface area (Å²) < 4.78 is 13.1. The van der Waals surface area contributed by atoms with Crippen molar-refractivity contribution in [1.82, 2.24) is 14.5 Å². The summed E-state index contributed by atoms with van der Waals surface area (Å²) in [5, 5.41) is 1.50. The van der Waals surface area contributed by atoms with Gasteiger partial charge in [0.1, 0.15) is 0 Å². The predicted octanol–water partition coefficient (Wildman–Crippen LogP) is 2.21. The van der Waals surface area contributed by atoms with Crippen molar-refractivity contribution in [3.8, 4) is 16.9 Å². The second kappa shape index (κ2) is 5.82. The van der Waals surface area contributed by atoms with E-state index in [1.54, 1.807) is 24.7 Å². The third-order valence-corrected chi connectivity index (χ3v) is 4.73. The summed E-state index contributed by atoms with van der Waals surface area (Å²) in [6.07, 6.45) is 5.41. The van der Waals surface area contributed by atoms with Crippen LogP contribution in [0.3, 0.4) is 0 Å². The number of fused-ring (bicyclic) bond motifs is 1. The van der Waals surface area contributed by atoms with E-state index in [0.717, 1.165) is 27.8 Å². The molecule has 0 amide bonds. The molecule has 0 bridgehead atoms. The molecule has 1 N–H and O–H groups in total. The van der Waals surface area contributed by atoms with E-state index in [4.69, 9.17) is 4.80 Å². The van der Waals surface area contributed by atoms with Crippen LogP contribution in [0.5, 0.6) is 0 Å². The molecule has 4 aromatic rings. The molecular weight excluding hydrogens is 318 g/mol. The molecule has 0 radical (unpaired) electrons. The molecule has 0 aliphatic rings. The van der Waals surface area contributed by atoms with Gasteiger partial charge in [0.25, 0.3) is 0 Å². The number of hydrogen-bond donors (Lipinski definition) is 1. The van der Waals surface area contributed by atoms with Crippen LogP contribution in [0.4, 0.5) is 0 Å². The standard InChI is InChI=1S/C18H13N3O2Si/c22-24(23)16-5-1-13(2-6-16)17-7-3-14-11-15(4-8-18(14)20-17)21-10-9-19-12-21/h1-12,22H. The minimum atomic E-state index is -2.65. The Bertz CT molecular complexity index is 1030. The maximum Gasteiger partial charge on any atom is 0.537 e. The maximum absolute atomic E-state index is 11.1. The summed E-state index contributed by atoms with van der Waals surface area (Å²) in [5.74, 6) is 0. The first-order chi connectivity index (χ1) is 11.7. The largest absolute Gasteiger partial charge is 0.537 e. The minimum Gasteiger partial charge on any atom is -0.537 e. The van der Waals surface area contributed by atoms with Crippen LogP contribution < -0.4 is 5.19 Å². The van der Waals surface area contributed by atoms with Crippen molar-refractivity contribution in [2.24, 2.45) is 0 Å². The fraction of sp³-hybridized carbons (Fsp3) is 0. The van der Waals surface area contributed by atoms with E-state index < -0.39 is 8.93 Å². The highest BCUT2D eigenvalue weighted by atomic mass is 28.3. The smallest absolute Gasteiger partial charge is 0.537 e. The molecule has 5 nitrogen and oxygen atoms in total. The van der Waals surface area contributed by atoms with Gasteiger partial charge >= 0.3 is 8.93 Å². The first kappa shape index (κ1) is 14.5. The number of aromatic nitrogens is 3. The fourth-order valence-corrected chi connectivity index (χ4v) is 3.08. The molecule has 0 aliphatic heterocycles. The molecule has 116 valence electrons. The molecule has 2 aromatic carbocycles. The molecule has 24 heavy (non-hydrogen) atoms. The first-order valence-electron chi connectivity index (χ1n) is 7.43. The number of rotatable bonds is 3. The van der Waals surface area contributed by atoms with E-state index in [2.05, 4.69) is 16.0 Å².